The molecule has 3 aromatic rings. The fraction of sp³-hybridized carbons (Fsp3) is 0.286. The molecule has 2 heterocycles. The third-order valence-electron chi connectivity index (χ3n) is 3.77. The van der Waals surface area contributed by atoms with Crippen LogP contribution in [0.2, 0.25) is 0 Å². The minimum atomic E-state index is -0.0860. The fourth-order valence-corrected chi connectivity index (χ4v) is 2.29. The molecule has 1 aromatic carbocycles. The largest absolute Gasteiger partial charge is 0.453 e. The zero-order valence-electron chi connectivity index (χ0n) is 10.3. The number of rotatable bonds is 3. The lowest BCUT2D eigenvalue weighted by Gasteiger charge is -2.03. The van der Waals surface area contributed by atoms with Crippen LogP contribution >= 0.6 is 0 Å². The van der Waals surface area contributed by atoms with Crippen LogP contribution in [0.1, 0.15) is 18.7 Å². The summed E-state index contributed by atoms with van der Waals surface area (Å²) in [4.78, 5) is 4.43. The van der Waals surface area contributed by atoms with E-state index in [4.69, 9.17) is 14.7 Å². The van der Waals surface area contributed by atoms with Gasteiger partial charge in [-0.3, -0.25) is 0 Å². The first-order valence-electron chi connectivity index (χ1n) is 6.34. The minimum absolute atomic E-state index is 0.0860. The maximum atomic E-state index is 5.76. The molecule has 0 spiro atoms. The van der Waals surface area contributed by atoms with Crippen molar-refractivity contribution >= 4 is 11.0 Å². The third-order valence-corrected chi connectivity index (χ3v) is 3.77. The van der Waals surface area contributed by atoms with Gasteiger partial charge in [0.05, 0.1) is 5.41 Å². The van der Waals surface area contributed by atoms with Crippen molar-refractivity contribution in [3.8, 4) is 11.6 Å². The number of para-hydroxylation sites is 1. The molecule has 19 heavy (non-hydrogen) atoms. The minimum Gasteiger partial charge on any atom is -0.453 e. The van der Waals surface area contributed by atoms with Gasteiger partial charge < -0.3 is 14.7 Å². The van der Waals surface area contributed by atoms with Crippen LogP contribution in [0.4, 0.5) is 0 Å². The van der Waals surface area contributed by atoms with E-state index >= 15 is 0 Å². The van der Waals surface area contributed by atoms with Crippen molar-refractivity contribution in [3.05, 3.63) is 36.2 Å². The topological polar surface area (TPSA) is 78.1 Å². The summed E-state index contributed by atoms with van der Waals surface area (Å²) in [5, 5.41) is 5.03. The Morgan fingerprint density at radius 3 is 2.84 bits per heavy atom. The molecule has 5 heteroatoms. The normalized spacial score (nSPS) is 16.9. The first-order chi connectivity index (χ1) is 9.31. The molecule has 1 aliphatic carbocycles. The van der Waals surface area contributed by atoms with Gasteiger partial charge in [-0.25, -0.2) is 0 Å². The van der Waals surface area contributed by atoms with Crippen LogP contribution in [-0.4, -0.2) is 16.7 Å². The monoisotopic (exact) mass is 255 g/mol. The molecule has 0 saturated heterocycles. The lowest BCUT2D eigenvalue weighted by atomic mass is 10.1. The Morgan fingerprint density at radius 1 is 1.26 bits per heavy atom. The van der Waals surface area contributed by atoms with Gasteiger partial charge in [0.1, 0.15) is 5.58 Å². The zero-order valence-corrected chi connectivity index (χ0v) is 10.3. The summed E-state index contributed by atoms with van der Waals surface area (Å²) in [6.07, 6.45) is 2.04. The number of aromatic nitrogens is 2. The highest BCUT2D eigenvalue weighted by Crippen LogP contribution is 2.46. The van der Waals surface area contributed by atoms with E-state index in [0.717, 1.165) is 23.8 Å². The van der Waals surface area contributed by atoms with Crippen molar-refractivity contribution in [2.24, 2.45) is 5.73 Å². The molecule has 2 aromatic heterocycles. The molecule has 1 saturated carbocycles. The van der Waals surface area contributed by atoms with Gasteiger partial charge in [0.25, 0.3) is 0 Å². The predicted molar refractivity (Wildman–Crippen MR) is 69.5 cm³/mol. The molecule has 4 rings (SSSR count). The number of benzene rings is 1. The molecule has 0 radical (unpaired) electrons. The Bertz CT molecular complexity index is 707. The van der Waals surface area contributed by atoms with Crippen LogP contribution < -0.4 is 5.73 Å². The average Bonchev–Trinajstić information content (AvgIpc) is 2.90. The number of nitrogens with two attached hydrogens (primary N) is 1. The van der Waals surface area contributed by atoms with Crippen LogP contribution in [0.15, 0.2) is 39.3 Å². The van der Waals surface area contributed by atoms with Gasteiger partial charge in [0, 0.05) is 11.9 Å². The summed E-state index contributed by atoms with van der Waals surface area (Å²) in [5.41, 5.74) is 6.50. The Balaban J connectivity index is 1.76. The molecule has 1 aliphatic rings. The van der Waals surface area contributed by atoms with Crippen molar-refractivity contribution in [1.82, 2.24) is 10.1 Å². The van der Waals surface area contributed by atoms with Gasteiger partial charge in [0.15, 0.2) is 5.76 Å². The number of hydrogen-bond acceptors (Lipinski definition) is 5. The van der Waals surface area contributed by atoms with Crippen LogP contribution in [0.3, 0.4) is 0 Å². The summed E-state index contributed by atoms with van der Waals surface area (Å²) >= 11 is 0. The Hall–Kier alpha value is -2.14. The van der Waals surface area contributed by atoms with Gasteiger partial charge in [-0.05, 0) is 25.0 Å². The van der Waals surface area contributed by atoms with E-state index in [1.165, 1.54) is 0 Å². The number of fused-ring (bicyclic) bond motifs is 1. The molecule has 0 unspecified atom stereocenters. The quantitative estimate of drug-likeness (QED) is 0.777. The van der Waals surface area contributed by atoms with E-state index in [9.17, 15) is 0 Å². The molecule has 0 amide bonds. The van der Waals surface area contributed by atoms with Crippen molar-refractivity contribution in [3.63, 3.8) is 0 Å². The number of hydrogen-bond donors (Lipinski definition) is 1. The van der Waals surface area contributed by atoms with E-state index < -0.39 is 0 Å². The molecular weight excluding hydrogens is 242 g/mol. The molecule has 2 N–H and O–H groups in total. The first-order valence-corrected chi connectivity index (χ1v) is 6.34. The third kappa shape index (κ3) is 1.58. The lowest BCUT2D eigenvalue weighted by Crippen LogP contribution is -2.19. The zero-order chi connectivity index (χ0) is 12.9. The van der Waals surface area contributed by atoms with E-state index in [1.54, 1.807) is 0 Å². The molecule has 96 valence electrons. The van der Waals surface area contributed by atoms with Crippen LogP contribution in [-0.2, 0) is 5.41 Å². The fourth-order valence-electron chi connectivity index (χ4n) is 2.29. The summed E-state index contributed by atoms with van der Waals surface area (Å²) < 4.78 is 11.1. The maximum absolute atomic E-state index is 5.76. The molecular formula is C14H13N3O2. The van der Waals surface area contributed by atoms with Gasteiger partial charge >= 0.3 is 0 Å². The van der Waals surface area contributed by atoms with Gasteiger partial charge in [-0.2, -0.15) is 4.98 Å². The Morgan fingerprint density at radius 2 is 2.11 bits per heavy atom. The SMILES string of the molecule is NCC1(c2nc(-c3cc4ccccc4o3)no2)CC1. The Labute approximate surface area is 109 Å². The molecule has 5 nitrogen and oxygen atoms in total. The lowest BCUT2D eigenvalue weighted by molar-refractivity contribution is 0.347. The second kappa shape index (κ2) is 3.68. The Kier molecular flexibility index (Phi) is 2.08. The van der Waals surface area contributed by atoms with E-state index in [-0.39, 0.29) is 5.41 Å². The molecule has 0 bridgehead atoms. The summed E-state index contributed by atoms with van der Waals surface area (Å²) in [7, 11) is 0. The first kappa shape index (κ1) is 10.8. The van der Waals surface area contributed by atoms with Crippen LogP contribution in [0, 0.1) is 0 Å². The van der Waals surface area contributed by atoms with Crippen molar-refractivity contribution < 1.29 is 8.94 Å². The van der Waals surface area contributed by atoms with E-state index in [0.29, 0.717) is 24.0 Å². The van der Waals surface area contributed by atoms with Crippen molar-refractivity contribution in [1.29, 1.82) is 0 Å². The molecule has 0 aliphatic heterocycles. The summed E-state index contributed by atoms with van der Waals surface area (Å²) in [6.45, 7) is 0.550. The van der Waals surface area contributed by atoms with E-state index in [1.807, 2.05) is 30.3 Å². The van der Waals surface area contributed by atoms with Crippen molar-refractivity contribution in [2.45, 2.75) is 18.3 Å². The number of furan rings is 1. The second-order valence-corrected chi connectivity index (χ2v) is 5.06. The smallest absolute Gasteiger partial charge is 0.238 e. The second-order valence-electron chi connectivity index (χ2n) is 5.06. The van der Waals surface area contributed by atoms with Gasteiger partial charge in [-0.1, -0.05) is 23.4 Å². The average molecular weight is 255 g/mol. The molecule has 1 fully saturated rings. The van der Waals surface area contributed by atoms with Crippen LogP contribution in [0.25, 0.3) is 22.6 Å². The number of nitrogens with zero attached hydrogens (tertiary/aromatic N) is 2. The van der Waals surface area contributed by atoms with Crippen LogP contribution in [0.5, 0.6) is 0 Å². The standard InChI is InChI=1S/C14H13N3O2/c15-8-14(5-6-14)13-16-12(17-19-13)11-7-9-3-1-2-4-10(9)18-11/h1-4,7H,5-6,8,15H2. The maximum Gasteiger partial charge on any atom is 0.238 e. The van der Waals surface area contributed by atoms with Gasteiger partial charge in [-0.15, -0.1) is 0 Å². The highest BCUT2D eigenvalue weighted by molar-refractivity contribution is 5.81. The highest BCUT2D eigenvalue weighted by Gasteiger charge is 2.48. The van der Waals surface area contributed by atoms with Crippen molar-refractivity contribution in [2.75, 3.05) is 6.54 Å². The summed E-state index contributed by atoms with van der Waals surface area (Å²) in [5.74, 6) is 1.75. The molecule has 0 atom stereocenters. The van der Waals surface area contributed by atoms with E-state index in [2.05, 4.69) is 10.1 Å². The van der Waals surface area contributed by atoms with Gasteiger partial charge in [0.2, 0.25) is 11.7 Å². The highest BCUT2D eigenvalue weighted by atomic mass is 16.5. The summed E-state index contributed by atoms with van der Waals surface area (Å²) in [6, 6.07) is 9.74. The predicted octanol–water partition coefficient (Wildman–Crippen LogP) is 2.47.